The van der Waals surface area contributed by atoms with E-state index >= 15 is 0 Å². The van der Waals surface area contributed by atoms with Crippen LogP contribution >= 0.6 is 11.3 Å². The quantitative estimate of drug-likeness (QED) is 0.179. The highest BCUT2D eigenvalue weighted by atomic mass is 32.1. The molecule has 0 bridgehead atoms. The second-order valence-electron chi connectivity index (χ2n) is 16.6. The first-order valence-corrected chi connectivity index (χ1v) is 21.3. The van der Waals surface area contributed by atoms with Gasteiger partial charge in [-0.25, -0.2) is 15.0 Å². The zero-order chi connectivity index (χ0) is 39.7. The van der Waals surface area contributed by atoms with Gasteiger partial charge < -0.3 is 4.74 Å². The van der Waals surface area contributed by atoms with Crippen molar-refractivity contribution in [2.75, 3.05) is 0 Å². The summed E-state index contributed by atoms with van der Waals surface area (Å²) >= 11 is 1.80. The number of thiophene rings is 1. The van der Waals surface area contributed by atoms with E-state index in [-0.39, 0.29) is 5.41 Å². The largest absolute Gasteiger partial charge is 0.457 e. The van der Waals surface area contributed by atoms with E-state index in [0.29, 0.717) is 17.5 Å². The van der Waals surface area contributed by atoms with Crippen molar-refractivity contribution in [3.63, 3.8) is 0 Å². The van der Waals surface area contributed by atoms with E-state index in [1.807, 2.05) is 0 Å². The fraction of sp³-hybridized carbons (Fsp3) is 0.0727. The summed E-state index contributed by atoms with van der Waals surface area (Å²) in [4.78, 5) is 16.5. The number of nitrogens with zero attached hydrogens (tertiary/aromatic N) is 3. The molecule has 0 saturated carbocycles. The third kappa shape index (κ3) is 4.37. The topological polar surface area (TPSA) is 47.9 Å². The number of benzene rings is 8. The lowest BCUT2D eigenvalue weighted by molar-refractivity contribution is 0.436. The number of hydrogen-bond acceptors (Lipinski definition) is 5. The molecule has 5 heteroatoms. The SMILES string of the molecule is CC1(C)c2ccccc2-c2c(-c3nc(-c4cccc5c4-c4ccccc4C54c5ccccc5Oc5ccccc54)nc(-c4cccc5c4sc4ccccc45)n3)cccc21. The number of fused-ring (bicyclic) bond motifs is 15. The molecule has 3 aliphatic rings. The Morgan fingerprint density at radius 3 is 1.53 bits per heavy atom. The van der Waals surface area contributed by atoms with Gasteiger partial charge in [-0.15, -0.1) is 11.3 Å². The van der Waals surface area contributed by atoms with Gasteiger partial charge in [-0.1, -0.05) is 166 Å². The first-order valence-electron chi connectivity index (χ1n) is 20.5. The van der Waals surface area contributed by atoms with E-state index in [1.54, 1.807) is 11.3 Å². The molecule has 3 heterocycles. The van der Waals surface area contributed by atoms with Gasteiger partial charge in [0.25, 0.3) is 0 Å². The summed E-state index contributed by atoms with van der Waals surface area (Å²) in [7, 11) is 0. The van der Waals surface area contributed by atoms with E-state index in [0.717, 1.165) is 44.9 Å². The summed E-state index contributed by atoms with van der Waals surface area (Å²) in [5, 5.41) is 2.45. The average molecular weight is 786 g/mol. The van der Waals surface area contributed by atoms with Gasteiger partial charge in [-0.3, -0.25) is 0 Å². The molecule has 60 heavy (non-hydrogen) atoms. The zero-order valence-corrected chi connectivity index (χ0v) is 33.7. The monoisotopic (exact) mass is 785 g/mol. The van der Waals surface area contributed by atoms with Crippen LogP contribution in [0.3, 0.4) is 0 Å². The predicted octanol–water partition coefficient (Wildman–Crippen LogP) is 14.0. The molecule has 10 aromatic rings. The Morgan fingerprint density at radius 1 is 0.383 bits per heavy atom. The normalized spacial score (nSPS) is 14.6. The number of para-hydroxylation sites is 2. The van der Waals surface area contributed by atoms with Gasteiger partial charge in [-0.05, 0) is 68.8 Å². The molecule has 2 aromatic heterocycles. The van der Waals surface area contributed by atoms with Crippen LogP contribution in [-0.4, -0.2) is 15.0 Å². The smallest absolute Gasteiger partial charge is 0.165 e. The molecule has 13 rings (SSSR count). The summed E-state index contributed by atoms with van der Waals surface area (Å²) in [6.45, 7) is 4.64. The molecule has 0 radical (unpaired) electrons. The second kappa shape index (κ2) is 12.2. The summed E-state index contributed by atoms with van der Waals surface area (Å²) in [6, 6.07) is 63.1. The first kappa shape index (κ1) is 33.7. The Balaban J connectivity index is 1.13. The Kier molecular flexibility index (Phi) is 6.84. The average Bonchev–Trinajstić information content (AvgIpc) is 3.91. The van der Waals surface area contributed by atoms with Crippen molar-refractivity contribution in [3.8, 4) is 67.9 Å². The van der Waals surface area contributed by atoms with Crippen molar-refractivity contribution in [1.29, 1.82) is 0 Å². The van der Waals surface area contributed by atoms with Crippen molar-refractivity contribution < 1.29 is 4.74 Å². The Hall–Kier alpha value is -7.21. The summed E-state index contributed by atoms with van der Waals surface area (Å²) in [5.41, 5.74) is 14.2. The van der Waals surface area contributed by atoms with Crippen molar-refractivity contribution in [3.05, 3.63) is 209 Å². The molecule has 1 aliphatic heterocycles. The van der Waals surface area contributed by atoms with Gasteiger partial charge in [0.05, 0.1) is 5.41 Å². The van der Waals surface area contributed by atoms with Crippen LogP contribution in [0.4, 0.5) is 0 Å². The van der Waals surface area contributed by atoms with Gasteiger partial charge in [0.15, 0.2) is 17.5 Å². The molecule has 8 aromatic carbocycles. The third-order valence-electron chi connectivity index (χ3n) is 13.2. The number of aromatic nitrogens is 3. The standard InChI is InChI=1S/C55H35N3OS/c1-54(2)39-23-6-3-17-34(39)48-36(20-14-27-43(48)54)51-56-52(58-53(57-51)38-22-13-19-33-32-16-5-12-31-47(32)60-50(33)38)37-21-15-28-44-49(37)35-18-4-7-24-40(35)55(44)41-25-8-10-29-45(41)59-46-30-11-9-26-42(46)55/h3-31H,1-2H3. The van der Waals surface area contributed by atoms with Crippen molar-refractivity contribution in [2.45, 2.75) is 24.7 Å². The minimum atomic E-state index is -0.607. The molecule has 0 fully saturated rings. The lowest BCUT2D eigenvalue weighted by Crippen LogP contribution is -2.32. The highest BCUT2D eigenvalue weighted by Gasteiger charge is 2.51. The van der Waals surface area contributed by atoms with Gasteiger partial charge in [0, 0.05) is 53.4 Å². The van der Waals surface area contributed by atoms with Crippen molar-refractivity contribution in [1.82, 2.24) is 15.0 Å². The fourth-order valence-corrected chi connectivity index (χ4v) is 11.9. The molecular weight excluding hydrogens is 751 g/mol. The summed E-state index contributed by atoms with van der Waals surface area (Å²) in [6.07, 6.45) is 0. The Labute approximate surface area is 351 Å². The molecule has 1 spiro atoms. The molecule has 2 aliphatic carbocycles. The Morgan fingerprint density at radius 2 is 0.833 bits per heavy atom. The minimum Gasteiger partial charge on any atom is -0.457 e. The molecular formula is C55H35N3OS. The van der Waals surface area contributed by atoms with Crippen LogP contribution in [0.2, 0.25) is 0 Å². The van der Waals surface area contributed by atoms with E-state index in [2.05, 4.69) is 190 Å². The van der Waals surface area contributed by atoms with Crippen molar-refractivity contribution >= 4 is 31.5 Å². The minimum absolute atomic E-state index is 0.169. The molecule has 4 nitrogen and oxygen atoms in total. The highest BCUT2D eigenvalue weighted by Crippen LogP contribution is 2.63. The van der Waals surface area contributed by atoms with Crippen LogP contribution < -0.4 is 4.74 Å². The molecule has 282 valence electrons. The maximum atomic E-state index is 6.64. The molecule has 0 amide bonds. The molecule has 0 atom stereocenters. The van der Waals surface area contributed by atoms with Crippen LogP contribution in [-0.2, 0) is 10.8 Å². The van der Waals surface area contributed by atoms with Crippen LogP contribution in [0.5, 0.6) is 11.5 Å². The predicted molar refractivity (Wildman–Crippen MR) is 244 cm³/mol. The molecule has 0 unspecified atom stereocenters. The maximum absolute atomic E-state index is 6.64. The maximum Gasteiger partial charge on any atom is 0.165 e. The second-order valence-corrected chi connectivity index (χ2v) is 17.7. The van der Waals surface area contributed by atoms with Gasteiger partial charge in [0.2, 0.25) is 0 Å². The lowest BCUT2D eigenvalue weighted by Gasteiger charge is -2.39. The van der Waals surface area contributed by atoms with Crippen molar-refractivity contribution in [2.24, 2.45) is 0 Å². The number of hydrogen-bond donors (Lipinski definition) is 0. The third-order valence-corrected chi connectivity index (χ3v) is 14.5. The van der Waals surface area contributed by atoms with Crippen LogP contribution in [0.1, 0.15) is 47.2 Å². The molecule has 0 saturated heterocycles. The van der Waals surface area contributed by atoms with Crippen LogP contribution in [0.25, 0.3) is 76.6 Å². The lowest BCUT2D eigenvalue weighted by atomic mass is 9.66. The fourth-order valence-electron chi connectivity index (χ4n) is 10.7. The summed E-state index contributed by atoms with van der Waals surface area (Å²) < 4.78 is 9.05. The highest BCUT2D eigenvalue weighted by molar-refractivity contribution is 7.26. The van der Waals surface area contributed by atoms with Crippen LogP contribution in [0, 0.1) is 0 Å². The van der Waals surface area contributed by atoms with E-state index < -0.39 is 5.41 Å². The zero-order valence-electron chi connectivity index (χ0n) is 32.9. The Bertz CT molecular complexity index is 3420. The first-order chi connectivity index (χ1) is 29.5. The number of rotatable bonds is 3. The van der Waals surface area contributed by atoms with Gasteiger partial charge >= 0.3 is 0 Å². The van der Waals surface area contributed by atoms with Gasteiger partial charge in [0.1, 0.15) is 11.5 Å². The van der Waals surface area contributed by atoms with E-state index in [4.69, 9.17) is 19.7 Å². The van der Waals surface area contributed by atoms with Crippen LogP contribution in [0.15, 0.2) is 176 Å². The van der Waals surface area contributed by atoms with E-state index in [9.17, 15) is 0 Å². The molecule has 0 N–H and O–H groups in total. The number of ether oxygens (including phenoxy) is 1. The summed E-state index contributed by atoms with van der Waals surface area (Å²) in [5.74, 6) is 3.71. The van der Waals surface area contributed by atoms with Gasteiger partial charge in [-0.2, -0.15) is 0 Å². The van der Waals surface area contributed by atoms with E-state index in [1.165, 1.54) is 59.1 Å².